The van der Waals surface area contributed by atoms with Crippen LogP contribution in [0.4, 0.5) is 0 Å². The highest BCUT2D eigenvalue weighted by molar-refractivity contribution is 5.77. The molecule has 0 aliphatic heterocycles. The molecule has 0 aliphatic carbocycles. The van der Waals surface area contributed by atoms with Crippen LogP contribution in [-0.4, -0.2) is 34.2 Å². The molecule has 0 atom stereocenters. The number of amides is 1. The first kappa shape index (κ1) is 16.8. The summed E-state index contributed by atoms with van der Waals surface area (Å²) in [6, 6.07) is 13.6. The van der Waals surface area contributed by atoms with Gasteiger partial charge >= 0.3 is 0 Å². The third-order valence-electron chi connectivity index (χ3n) is 3.43. The fraction of sp³-hybridized carbons (Fsp3) is 0.222. The largest absolute Gasteiger partial charge is 0.362 e. The fourth-order valence-corrected chi connectivity index (χ4v) is 2.20. The maximum absolute atomic E-state index is 11.7. The van der Waals surface area contributed by atoms with Crippen LogP contribution in [-0.2, 0) is 22.6 Å². The summed E-state index contributed by atoms with van der Waals surface area (Å²) in [4.78, 5) is 19.9. The molecule has 0 bridgehead atoms. The van der Waals surface area contributed by atoms with Crippen molar-refractivity contribution < 1.29 is 14.1 Å². The Balaban J connectivity index is 1.36. The molecule has 7 heteroatoms. The third-order valence-corrected chi connectivity index (χ3v) is 3.43. The SMILES string of the molecule is O=C(COCc1nc(-c2cccnc2)no1)NCCc1ccccc1. The van der Waals surface area contributed by atoms with E-state index in [9.17, 15) is 4.79 Å². The molecule has 0 fully saturated rings. The molecule has 2 aromatic heterocycles. The van der Waals surface area contributed by atoms with Crippen molar-refractivity contribution in [3.05, 3.63) is 66.3 Å². The predicted octanol–water partition coefficient (Wildman–Crippen LogP) is 2.01. The standard InChI is InChI=1S/C18H18N4O3/c23-16(20-10-8-14-5-2-1-3-6-14)12-24-13-17-21-18(22-25-17)15-7-4-9-19-11-15/h1-7,9,11H,8,10,12-13H2,(H,20,23). The van der Waals surface area contributed by atoms with E-state index in [1.54, 1.807) is 18.5 Å². The van der Waals surface area contributed by atoms with Crippen LogP contribution in [0.3, 0.4) is 0 Å². The Morgan fingerprint density at radius 3 is 2.84 bits per heavy atom. The van der Waals surface area contributed by atoms with Gasteiger partial charge in [0.2, 0.25) is 11.7 Å². The summed E-state index contributed by atoms with van der Waals surface area (Å²) in [7, 11) is 0. The zero-order valence-electron chi connectivity index (χ0n) is 13.6. The van der Waals surface area contributed by atoms with E-state index in [4.69, 9.17) is 9.26 Å². The smallest absolute Gasteiger partial charge is 0.252 e. The van der Waals surface area contributed by atoms with Crippen molar-refractivity contribution in [1.29, 1.82) is 0 Å². The molecule has 128 valence electrons. The number of ether oxygens (including phenoxy) is 1. The first-order chi connectivity index (χ1) is 12.3. The van der Waals surface area contributed by atoms with Crippen molar-refractivity contribution in [2.75, 3.05) is 13.2 Å². The topological polar surface area (TPSA) is 90.1 Å². The number of carbonyl (C=O) groups excluding carboxylic acids is 1. The second-order valence-electron chi connectivity index (χ2n) is 5.33. The van der Waals surface area contributed by atoms with Gasteiger partial charge < -0.3 is 14.6 Å². The van der Waals surface area contributed by atoms with Crippen molar-refractivity contribution in [3.63, 3.8) is 0 Å². The second kappa shape index (κ2) is 8.70. The summed E-state index contributed by atoms with van der Waals surface area (Å²) in [6.07, 6.45) is 4.10. The molecule has 1 aromatic carbocycles. The van der Waals surface area contributed by atoms with Crippen molar-refractivity contribution >= 4 is 5.91 Å². The van der Waals surface area contributed by atoms with Gasteiger partial charge in [0, 0.05) is 24.5 Å². The number of carbonyl (C=O) groups is 1. The highest BCUT2D eigenvalue weighted by Gasteiger charge is 2.09. The molecule has 0 saturated heterocycles. The van der Waals surface area contributed by atoms with E-state index in [0.29, 0.717) is 18.3 Å². The molecule has 1 amide bonds. The number of nitrogens with one attached hydrogen (secondary N) is 1. The number of aromatic nitrogens is 3. The molecule has 0 radical (unpaired) electrons. The van der Waals surface area contributed by atoms with E-state index in [2.05, 4.69) is 20.4 Å². The lowest BCUT2D eigenvalue weighted by atomic mass is 10.1. The molecule has 3 aromatic rings. The third kappa shape index (κ3) is 5.22. The molecule has 1 N–H and O–H groups in total. The first-order valence-corrected chi connectivity index (χ1v) is 7.92. The van der Waals surface area contributed by atoms with Gasteiger partial charge in [-0.3, -0.25) is 9.78 Å². The van der Waals surface area contributed by atoms with Gasteiger partial charge in [0.15, 0.2) is 0 Å². The summed E-state index contributed by atoms with van der Waals surface area (Å²) < 4.78 is 10.4. The second-order valence-corrected chi connectivity index (χ2v) is 5.33. The van der Waals surface area contributed by atoms with Gasteiger partial charge in [-0.25, -0.2) is 0 Å². The minimum Gasteiger partial charge on any atom is -0.362 e. The quantitative estimate of drug-likeness (QED) is 0.676. The number of benzene rings is 1. The molecule has 3 rings (SSSR count). The maximum atomic E-state index is 11.7. The summed E-state index contributed by atoms with van der Waals surface area (Å²) in [5.74, 6) is 0.581. The van der Waals surface area contributed by atoms with Crippen molar-refractivity contribution in [2.24, 2.45) is 0 Å². The number of hydrogen-bond donors (Lipinski definition) is 1. The van der Waals surface area contributed by atoms with Crippen LogP contribution >= 0.6 is 0 Å². The van der Waals surface area contributed by atoms with Gasteiger partial charge in [0.05, 0.1) is 0 Å². The Bertz CT molecular complexity index is 790. The van der Waals surface area contributed by atoms with Gasteiger partial charge in [0.25, 0.3) is 5.89 Å². The summed E-state index contributed by atoms with van der Waals surface area (Å²) in [5, 5.41) is 6.67. The normalized spacial score (nSPS) is 10.6. The molecule has 25 heavy (non-hydrogen) atoms. The van der Waals surface area contributed by atoms with Crippen LogP contribution in [0.5, 0.6) is 0 Å². The minimum absolute atomic E-state index is 0.0562. The van der Waals surface area contributed by atoms with E-state index < -0.39 is 0 Å². The predicted molar refractivity (Wildman–Crippen MR) is 90.3 cm³/mol. The maximum Gasteiger partial charge on any atom is 0.252 e. The Labute approximate surface area is 145 Å². The van der Waals surface area contributed by atoms with Crippen molar-refractivity contribution in [2.45, 2.75) is 13.0 Å². The van der Waals surface area contributed by atoms with Crippen molar-refractivity contribution in [3.8, 4) is 11.4 Å². The first-order valence-electron chi connectivity index (χ1n) is 7.92. The van der Waals surface area contributed by atoms with Crippen LogP contribution in [0, 0.1) is 0 Å². The minimum atomic E-state index is -0.178. The fourth-order valence-electron chi connectivity index (χ4n) is 2.20. The van der Waals surface area contributed by atoms with Crippen LogP contribution in [0.1, 0.15) is 11.5 Å². The summed E-state index contributed by atoms with van der Waals surface area (Å²) >= 11 is 0. The average molecular weight is 338 g/mol. The number of pyridine rings is 1. The van der Waals surface area contributed by atoms with Gasteiger partial charge in [-0.05, 0) is 24.1 Å². The van der Waals surface area contributed by atoms with Crippen LogP contribution in [0.15, 0.2) is 59.4 Å². The van der Waals surface area contributed by atoms with E-state index in [1.807, 2.05) is 36.4 Å². The highest BCUT2D eigenvalue weighted by atomic mass is 16.5. The molecular weight excluding hydrogens is 320 g/mol. The molecule has 0 saturated carbocycles. The van der Waals surface area contributed by atoms with E-state index in [-0.39, 0.29) is 19.1 Å². The van der Waals surface area contributed by atoms with Crippen LogP contribution in [0.2, 0.25) is 0 Å². The lowest BCUT2D eigenvalue weighted by Gasteiger charge is -2.05. The van der Waals surface area contributed by atoms with E-state index >= 15 is 0 Å². The lowest BCUT2D eigenvalue weighted by Crippen LogP contribution is -2.29. The zero-order chi connectivity index (χ0) is 17.3. The van der Waals surface area contributed by atoms with Gasteiger partial charge in [0.1, 0.15) is 13.2 Å². The zero-order valence-corrected chi connectivity index (χ0v) is 13.6. The molecule has 0 unspecified atom stereocenters. The Morgan fingerprint density at radius 2 is 2.04 bits per heavy atom. The Hall–Kier alpha value is -3.06. The molecule has 7 nitrogen and oxygen atoms in total. The van der Waals surface area contributed by atoms with Crippen LogP contribution < -0.4 is 5.32 Å². The van der Waals surface area contributed by atoms with Crippen molar-refractivity contribution in [1.82, 2.24) is 20.4 Å². The van der Waals surface area contributed by atoms with E-state index in [1.165, 1.54) is 5.56 Å². The number of rotatable bonds is 8. The average Bonchev–Trinajstić information content (AvgIpc) is 3.12. The highest BCUT2D eigenvalue weighted by Crippen LogP contribution is 2.13. The molecule has 2 heterocycles. The molecule has 0 aliphatic rings. The Morgan fingerprint density at radius 1 is 1.16 bits per heavy atom. The summed E-state index contributed by atoms with van der Waals surface area (Å²) in [6.45, 7) is 0.594. The lowest BCUT2D eigenvalue weighted by molar-refractivity contribution is -0.126. The molecular formula is C18H18N4O3. The van der Waals surface area contributed by atoms with Gasteiger partial charge in [-0.15, -0.1) is 0 Å². The van der Waals surface area contributed by atoms with E-state index in [0.717, 1.165) is 12.0 Å². The van der Waals surface area contributed by atoms with Gasteiger partial charge in [-0.2, -0.15) is 4.98 Å². The van der Waals surface area contributed by atoms with Crippen LogP contribution in [0.25, 0.3) is 11.4 Å². The Kier molecular flexibility index (Phi) is 5.84. The number of nitrogens with zero attached hydrogens (tertiary/aromatic N) is 3. The monoisotopic (exact) mass is 338 g/mol. The summed E-state index contributed by atoms with van der Waals surface area (Å²) in [5.41, 5.74) is 1.94. The number of hydrogen-bond acceptors (Lipinski definition) is 6. The van der Waals surface area contributed by atoms with Gasteiger partial charge in [-0.1, -0.05) is 35.5 Å². The molecule has 0 spiro atoms.